The zero-order valence-electron chi connectivity index (χ0n) is 9.26. The molecule has 2 heteroatoms. The topological polar surface area (TPSA) is 15.8 Å². The SMILES string of the molecule is C=Cc1c[nH]c(-c2ccccc2F)c1CC. The monoisotopic (exact) mass is 215 g/mol. The van der Waals surface area contributed by atoms with Crippen LogP contribution < -0.4 is 0 Å². The molecule has 1 aromatic heterocycles. The summed E-state index contributed by atoms with van der Waals surface area (Å²) >= 11 is 0. The average molecular weight is 215 g/mol. The maximum Gasteiger partial charge on any atom is 0.132 e. The molecule has 0 spiro atoms. The Hall–Kier alpha value is -1.83. The molecular formula is C14H14FN. The van der Waals surface area contributed by atoms with Gasteiger partial charge in [-0.05, 0) is 29.7 Å². The van der Waals surface area contributed by atoms with E-state index in [0.29, 0.717) is 5.56 Å². The normalized spacial score (nSPS) is 10.4. The van der Waals surface area contributed by atoms with Gasteiger partial charge in [0.1, 0.15) is 5.82 Å². The van der Waals surface area contributed by atoms with Gasteiger partial charge in [-0.2, -0.15) is 0 Å². The van der Waals surface area contributed by atoms with E-state index in [-0.39, 0.29) is 5.82 Å². The summed E-state index contributed by atoms with van der Waals surface area (Å²) in [7, 11) is 0. The summed E-state index contributed by atoms with van der Waals surface area (Å²) in [5.74, 6) is -0.199. The lowest BCUT2D eigenvalue weighted by molar-refractivity contribution is 0.630. The van der Waals surface area contributed by atoms with Crippen molar-refractivity contribution in [2.45, 2.75) is 13.3 Å². The molecule has 0 aliphatic carbocycles. The van der Waals surface area contributed by atoms with Crippen LogP contribution in [0, 0.1) is 5.82 Å². The molecule has 0 aliphatic heterocycles. The summed E-state index contributed by atoms with van der Waals surface area (Å²) in [5.41, 5.74) is 3.63. The third kappa shape index (κ3) is 1.67. The van der Waals surface area contributed by atoms with Gasteiger partial charge in [-0.3, -0.25) is 0 Å². The number of hydrogen-bond donors (Lipinski definition) is 1. The Morgan fingerprint density at radius 2 is 2.12 bits per heavy atom. The van der Waals surface area contributed by atoms with Crippen LogP contribution in [0.5, 0.6) is 0 Å². The van der Waals surface area contributed by atoms with Crippen LogP contribution in [0.15, 0.2) is 37.0 Å². The Morgan fingerprint density at radius 3 is 2.75 bits per heavy atom. The molecule has 0 bridgehead atoms. The standard InChI is InChI=1S/C14H14FN/c1-3-10-9-16-14(11(10)4-2)12-7-5-6-8-13(12)15/h3,5-9,16H,1,4H2,2H3. The van der Waals surface area contributed by atoms with E-state index in [1.54, 1.807) is 18.2 Å². The van der Waals surface area contributed by atoms with E-state index in [9.17, 15) is 4.39 Å². The number of H-pyrrole nitrogens is 1. The Morgan fingerprint density at radius 1 is 1.38 bits per heavy atom. The van der Waals surface area contributed by atoms with Gasteiger partial charge < -0.3 is 4.98 Å². The van der Waals surface area contributed by atoms with Crippen molar-refractivity contribution in [3.05, 3.63) is 54.0 Å². The molecule has 1 N–H and O–H groups in total. The van der Waals surface area contributed by atoms with E-state index in [2.05, 4.69) is 18.5 Å². The minimum Gasteiger partial charge on any atom is -0.360 e. The van der Waals surface area contributed by atoms with E-state index in [1.165, 1.54) is 6.07 Å². The van der Waals surface area contributed by atoms with Gasteiger partial charge in [0.25, 0.3) is 0 Å². The van der Waals surface area contributed by atoms with Crippen LogP contribution in [-0.2, 0) is 6.42 Å². The number of aromatic amines is 1. The van der Waals surface area contributed by atoms with Gasteiger partial charge in [0, 0.05) is 11.8 Å². The zero-order valence-corrected chi connectivity index (χ0v) is 9.26. The lowest BCUT2D eigenvalue weighted by Crippen LogP contribution is -1.89. The van der Waals surface area contributed by atoms with E-state index < -0.39 is 0 Å². The molecule has 0 amide bonds. The summed E-state index contributed by atoms with van der Waals surface area (Å²) in [5, 5.41) is 0. The van der Waals surface area contributed by atoms with Crippen LogP contribution in [0.25, 0.3) is 17.3 Å². The summed E-state index contributed by atoms with van der Waals surface area (Å²) < 4.78 is 13.7. The van der Waals surface area contributed by atoms with Gasteiger partial charge >= 0.3 is 0 Å². The Balaban J connectivity index is 2.60. The van der Waals surface area contributed by atoms with Crippen molar-refractivity contribution in [2.75, 3.05) is 0 Å². The lowest BCUT2D eigenvalue weighted by Gasteiger charge is -2.04. The van der Waals surface area contributed by atoms with Crippen molar-refractivity contribution in [2.24, 2.45) is 0 Å². The molecule has 2 rings (SSSR count). The fraction of sp³-hybridized carbons (Fsp3) is 0.143. The number of aromatic nitrogens is 1. The molecular weight excluding hydrogens is 201 g/mol. The molecule has 82 valence electrons. The van der Waals surface area contributed by atoms with E-state index in [1.807, 2.05) is 12.3 Å². The third-order valence-electron chi connectivity index (χ3n) is 2.74. The van der Waals surface area contributed by atoms with Crippen molar-refractivity contribution in [3.8, 4) is 11.3 Å². The molecule has 2 aromatic rings. The number of rotatable bonds is 3. The van der Waals surface area contributed by atoms with Crippen LogP contribution in [0.4, 0.5) is 4.39 Å². The molecule has 1 nitrogen and oxygen atoms in total. The first-order valence-corrected chi connectivity index (χ1v) is 5.35. The van der Waals surface area contributed by atoms with Gasteiger partial charge in [0.05, 0.1) is 5.69 Å². The molecule has 0 unspecified atom stereocenters. The molecule has 0 saturated carbocycles. The number of hydrogen-bond acceptors (Lipinski definition) is 0. The molecule has 16 heavy (non-hydrogen) atoms. The average Bonchev–Trinajstić information content (AvgIpc) is 2.72. The van der Waals surface area contributed by atoms with Crippen LogP contribution in [-0.4, -0.2) is 4.98 Å². The zero-order chi connectivity index (χ0) is 11.5. The number of nitrogens with one attached hydrogen (secondary N) is 1. The smallest absolute Gasteiger partial charge is 0.132 e. The fourth-order valence-corrected chi connectivity index (χ4v) is 1.94. The Bertz CT molecular complexity index is 511. The highest BCUT2D eigenvalue weighted by Crippen LogP contribution is 2.28. The molecule has 1 aromatic carbocycles. The van der Waals surface area contributed by atoms with Crippen molar-refractivity contribution in [3.63, 3.8) is 0 Å². The molecule has 0 aliphatic rings. The maximum atomic E-state index is 13.7. The predicted molar refractivity (Wildman–Crippen MR) is 65.7 cm³/mol. The second-order valence-corrected chi connectivity index (χ2v) is 3.64. The van der Waals surface area contributed by atoms with Crippen molar-refractivity contribution in [1.82, 2.24) is 4.98 Å². The minimum absolute atomic E-state index is 0.199. The molecule has 0 saturated heterocycles. The highest BCUT2D eigenvalue weighted by Gasteiger charge is 2.12. The van der Waals surface area contributed by atoms with Crippen LogP contribution in [0.2, 0.25) is 0 Å². The molecule has 1 heterocycles. The summed E-state index contributed by atoms with van der Waals surface area (Å²) in [6.07, 6.45) is 4.52. The molecule has 0 atom stereocenters. The number of benzene rings is 1. The Kier molecular flexibility index (Phi) is 2.91. The second-order valence-electron chi connectivity index (χ2n) is 3.64. The van der Waals surface area contributed by atoms with Gasteiger partial charge in [-0.15, -0.1) is 0 Å². The van der Waals surface area contributed by atoms with Crippen LogP contribution in [0.1, 0.15) is 18.1 Å². The first kappa shape index (κ1) is 10.7. The minimum atomic E-state index is -0.199. The predicted octanol–water partition coefficient (Wildman–Crippen LogP) is 4.03. The first-order valence-electron chi connectivity index (χ1n) is 5.35. The van der Waals surface area contributed by atoms with E-state index in [0.717, 1.165) is 23.2 Å². The molecule has 0 radical (unpaired) electrons. The lowest BCUT2D eigenvalue weighted by atomic mass is 10.0. The van der Waals surface area contributed by atoms with Gasteiger partial charge in [-0.1, -0.05) is 31.7 Å². The summed E-state index contributed by atoms with van der Waals surface area (Å²) in [6, 6.07) is 6.80. The van der Waals surface area contributed by atoms with Crippen molar-refractivity contribution >= 4 is 6.08 Å². The fourth-order valence-electron chi connectivity index (χ4n) is 1.94. The van der Waals surface area contributed by atoms with E-state index in [4.69, 9.17) is 0 Å². The van der Waals surface area contributed by atoms with Gasteiger partial charge in [0.2, 0.25) is 0 Å². The van der Waals surface area contributed by atoms with Crippen LogP contribution >= 0.6 is 0 Å². The van der Waals surface area contributed by atoms with Crippen LogP contribution in [0.3, 0.4) is 0 Å². The molecule has 0 fully saturated rings. The number of halogens is 1. The van der Waals surface area contributed by atoms with E-state index >= 15 is 0 Å². The largest absolute Gasteiger partial charge is 0.360 e. The van der Waals surface area contributed by atoms with Crippen molar-refractivity contribution < 1.29 is 4.39 Å². The second kappa shape index (κ2) is 4.35. The Labute approximate surface area is 94.6 Å². The summed E-state index contributed by atoms with van der Waals surface area (Å²) in [6.45, 7) is 5.81. The first-order chi connectivity index (χ1) is 7.77. The maximum absolute atomic E-state index is 13.7. The van der Waals surface area contributed by atoms with Gasteiger partial charge in [-0.25, -0.2) is 4.39 Å². The third-order valence-corrected chi connectivity index (χ3v) is 2.74. The highest BCUT2D eigenvalue weighted by molar-refractivity contribution is 5.70. The quantitative estimate of drug-likeness (QED) is 0.795. The highest BCUT2D eigenvalue weighted by atomic mass is 19.1. The van der Waals surface area contributed by atoms with Crippen molar-refractivity contribution in [1.29, 1.82) is 0 Å². The summed E-state index contributed by atoms with van der Waals surface area (Å²) in [4.78, 5) is 3.12. The van der Waals surface area contributed by atoms with Gasteiger partial charge in [0.15, 0.2) is 0 Å².